The van der Waals surface area contributed by atoms with Crippen LogP contribution in [0.3, 0.4) is 0 Å². The van der Waals surface area contributed by atoms with Crippen molar-refractivity contribution < 1.29 is 9.21 Å². The number of benzene rings is 1. The first-order valence-corrected chi connectivity index (χ1v) is 7.58. The van der Waals surface area contributed by atoms with Crippen LogP contribution >= 0.6 is 15.9 Å². The number of nitrogen functional groups attached to an aromatic ring is 1. The van der Waals surface area contributed by atoms with Gasteiger partial charge in [-0.3, -0.25) is 4.79 Å². The number of halogens is 1. The Labute approximate surface area is 131 Å². The molecular weight excluding hydrogens is 334 g/mol. The predicted octanol–water partition coefficient (Wildman–Crippen LogP) is 2.59. The third kappa shape index (κ3) is 3.05. The summed E-state index contributed by atoms with van der Waals surface area (Å²) in [6, 6.07) is 11.2. The number of piperazine rings is 1. The highest BCUT2D eigenvalue weighted by atomic mass is 79.9. The van der Waals surface area contributed by atoms with Gasteiger partial charge in [-0.2, -0.15) is 0 Å². The first kappa shape index (κ1) is 14.0. The minimum atomic E-state index is -0.0621. The number of carbonyl (C=O) groups is 1. The molecule has 110 valence electrons. The van der Waals surface area contributed by atoms with E-state index < -0.39 is 0 Å². The molecule has 3 rings (SSSR count). The molecule has 2 aromatic rings. The van der Waals surface area contributed by atoms with E-state index in [1.165, 1.54) is 0 Å². The molecule has 2 heterocycles. The lowest BCUT2D eigenvalue weighted by molar-refractivity contribution is 0.0713. The molecule has 0 saturated carbocycles. The zero-order chi connectivity index (χ0) is 14.8. The molecule has 1 aromatic carbocycles. The van der Waals surface area contributed by atoms with Gasteiger partial charge in [0.15, 0.2) is 10.4 Å². The summed E-state index contributed by atoms with van der Waals surface area (Å²) in [6.45, 7) is 2.92. The van der Waals surface area contributed by atoms with Gasteiger partial charge in [0.1, 0.15) is 0 Å². The van der Waals surface area contributed by atoms with E-state index in [4.69, 9.17) is 10.2 Å². The number of furan rings is 1. The van der Waals surface area contributed by atoms with Crippen LogP contribution in [0.5, 0.6) is 0 Å². The fourth-order valence-electron chi connectivity index (χ4n) is 2.47. The number of anilines is 2. The summed E-state index contributed by atoms with van der Waals surface area (Å²) >= 11 is 3.21. The Balaban J connectivity index is 1.64. The highest BCUT2D eigenvalue weighted by Gasteiger charge is 2.24. The standard InChI is InChI=1S/C15H16BrN3O2/c16-14-5-4-13(21-14)15(20)19-8-6-18(7-9-19)12-3-1-2-11(17)10-12/h1-5,10H,6-9,17H2. The highest BCUT2D eigenvalue weighted by molar-refractivity contribution is 9.10. The quantitative estimate of drug-likeness (QED) is 0.846. The smallest absolute Gasteiger partial charge is 0.289 e. The molecule has 0 unspecified atom stereocenters. The average Bonchev–Trinajstić information content (AvgIpc) is 2.93. The van der Waals surface area contributed by atoms with Crippen LogP contribution in [0.15, 0.2) is 45.5 Å². The topological polar surface area (TPSA) is 62.7 Å². The van der Waals surface area contributed by atoms with Gasteiger partial charge in [0, 0.05) is 37.6 Å². The predicted molar refractivity (Wildman–Crippen MR) is 85.4 cm³/mol. The van der Waals surface area contributed by atoms with Crippen LogP contribution in [0.4, 0.5) is 11.4 Å². The lowest BCUT2D eigenvalue weighted by Crippen LogP contribution is -2.48. The summed E-state index contributed by atoms with van der Waals surface area (Å²) in [4.78, 5) is 16.3. The Morgan fingerprint density at radius 3 is 2.52 bits per heavy atom. The van der Waals surface area contributed by atoms with E-state index in [0.717, 1.165) is 24.5 Å². The third-order valence-electron chi connectivity index (χ3n) is 3.59. The molecular formula is C15H16BrN3O2. The van der Waals surface area contributed by atoms with Crippen molar-refractivity contribution in [3.8, 4) is 0 Å². The Morgan fingerprint density at radius 2 is 1.90 bits per heavy atom. The van der Waals surface area contributed by atoms with E-state index in [1.807, 2.05) is 29.2 Å². The second-order valence-corrected chi connectivity index (χ2v) is 5.76. The Bertz CT molecular complexity index is 648. The van der Waals surface area contributed by atoms with E-state index in [0.29, 0.717) is 23.5 Å². The summed E-state index contributed by atoms with van der Waals surface area (Å²) < 4.78 is 5.89. The van der Waals surface area contributed by atoms with Gasteiger partial charge >= 0.3 is 0 Å². The third-order valence-corrected chi connectivity index (χ3v) is 4.01. The van der Waals surface area contributed by atoms with Crippen LogP contribution in [0.25, 0.3) is 0 Å². The zero-order valence-corrected chi connectivity index (χ0v) is 13.0. The fourth-order valence-corrected chi connectivity index (χ4v) is 2.78. The maximum atomic E-state index is 12.3. The molecule has 0 bridgehead atoms. The molecule has 21 heavy (non-hydrogen) atoms. The molecule has 0 radical (unpaired) electrons. The molecule has 0 aliphatic carbocycles. The normalized spacial score (nSPS) is 15.3. The van der Waals surface area contributed by atoms with E-state index in [1.54, 1.807) is 12.1 Å². The molecule has 6 heteroatoms. The molecule has 1 saturated heterocycles. The molecule has 1 aliphatic rings. The van der Waals surface area contributed by atoms with Crippen molar-refractivity contribution in [2.75, 3.05) is 36.8 Å². The number of amides is 1. The van der Waals surface area contributed by atoms with Crippen LogP contribution in [-0.4, -0.2) is 37.0 Å². The Morgan fingerprint density at radius 1 is 1.14 bits per heavy atom. The summed E-state index contributed by atoms with van der Waals surface area (Å²) in [7, 11) is 0. The zero-order valence-electron chi connectivity index (χ0n) is 11.5. The van der Waals surface area contributed by atoms with Crippen LogP contribution in [0.2, 0.25) is 0 Å². The number of nitrogens with zero attached hydrogens (tertiary/aromatic N) is 2. The van der Waals surface area contributed by atoms with Gasteiger partial charge in [-0.25, -0.2) is 0 Å². The van der Waals surface area contributed by atoms with Gasteiger partial charge < -0.3 is 20.0 Å². The number of carbonyl (C=O) groups excluding carboxylic acids is 1. The van der Waals surface area contributed by atoms with Gasteiger partial charge in [-0.15, -0.1) is 0 Å². The molecule has 1 amide bonds. The summed E-state index contributed by atoms with van der Waals surface area (Å²) in [5.41, 5.74) is 7.67. The molecule has 0 atom stereocenters. The number of nitrogens with two attached hydrogens (primary N) is 1. The number of rotatable bonds is 2. The minimum absolute atomic E-state index is 0.0621. The van der Waals surface area contributed by atoms with Crippen LogP contribution in [-0.2, 0) is 0 Å². The van der Waals surface area contributed by atoms with E-state index in [2.05, 4.69) is 20.8 Å². The first-order valence-electron chi connectivity index (χ1n) is 6.78. The second-order valence-electron chi connectivity index (χ2n) is 4.98. The Hall–Kier alpha value is -1.95. The van der Waals surface area contributed by atoms with Crippen LogP contribution in [0.1, 0.15) is 10.6 Å². The van der Waals surface area contributed by atoms with Crippen LogP contribution in [0, 0.1) is 0 Å². The van der Waals surface area contributed by atoms with Crippen molar-refractivity contribution in [2.24, 2.45) is 0 Å². The average molecular weight is 350 g/mol. The largest absolute Gasteiger partial charge is 0.444 e. The molecule has 1 fully saturated rings. The molecule has 1 aliphatic heterocycles. The Kier molecular flexibility index (Phi) is 3.88. The summed E-state index contributed by atoms with van der Waals surface area (Å²) in [5, 5.41) is 0. The fraction of sp³-hybridized carbons (Fsp3) is 0.267. The van der Waals surface area contributed by atoms with Gasteiger partial charge in [0.2, 0.25) is 0 Å². The van der Waals surface area contributed by atoms with Crippen molar-refractivity contribution in [3.05, 3.63) is 46.8 Å². The van der Waals surface area contributed by atoms with Gasteiger partial charge in [0.05, 0.1) is 0 Å². The first-order chi connectivity index (χ1) is 10.1. The highest BCUT2D eigenvalue weighted by Crippen LogP contribution is 2.21. The molecule has 2 N–H and O–H groups in total. The minimum Gasteiger partial charge on any atom is -0.444 e. The summed E-state index contributed by atoms with van der Waals surface area (Å²) in [6.07, 6.45) is 0. The van der Waals surface area contributed by atoms with Crippen molar-refractivity contribution in [1.29, 1.82) is 0 Å². The maximum absolute atomic E-state index is 12.3. The maximum Gasteiger partial charge on any atom is 0.289 e. The van der Waals surface area contributed by atoms with E-state index in [-0.39, 0.29) is 5.91 Å². The van der Waals surface area contributed by atoms with Crippen molar-refractivity contribution >= 4 is 33.2 Å². The molecule has 1 aromatic heterocycles. The number of hydrogen-bond donors (Lipinski definition) is 1. The molecule has 0 spiro atoms. The lowest BCUT2D eigenvalue weighted by atomic mass is 10.2. The summed E-state index contributed by atoms with van der Waals surface area (Å²) in [5.74, 6) is 0.312. The van der Waals surface area contributed by atoms with Crippen molar-refractivity contribution in [1.82, 2.24) is 4.90 Å². The van der Waals surface area contributed by atoms with Crippen molar-refractivity contribution in [3.63, 3.8) is 0 Å². The molecule has 5 nitrogen and oxygen atoms in total. The van der Waals surface area contributed by atoms with Crippen molar-refractivity contribution in [2.45, 2.75) is 0 Å². The second kappa shape index (κ2) is 5.81. The monoisotopic (exact) mass is 349 g/mol. The lowest BCUT2D eigenvalue weighted by Gasteiger charge is -2.35. The van der Waals surface area contributed by atoms with Gasteiger partial charge in [-0.05, 0) is 46.3 Å². The van der Waals surface area contributed by atoms with Gasteiger partial charge in [-0.1, -0.05) is 6.07 Å². The SMILES string of the molecule is Nc1cccc(N2CCN(C(=O)c3ccc(Br)o3)CC2)c1. The van der Waals surface area contributed by atoms with E-state index >= 15 is 0 Å². The van der Waals surface area contributed by atoms with Gasteiger partial charge in [0.25, 0.3) is 5.91 Å². The number of hydrogen-bond acceptors (Lipinski definition) is 4. The van der Waals surface area contributed by atoms with E-state index in [9.17, 15) is 4.79 Å². The van der Waals surface area contributed by atoms with Crippen LogP contribution < -0.4 is 10.6 Å².